The van der Waals surface area contributed by atoms with Crippen LogP contribution in [0.4, 0.5) is 0 Å². The molecule has 32 heavy (non-hydrogen) atoms. The molecule has 0 heterocycles. The topological polar surface area (TPSA) is 46.5 Å². The van der Waals surface area contributed by atoms with E-state index in [0.717, 1.165) is 36.0 Å². The molecule has 0 unspecified atom stereocenters. The van der Waals surface area contributed by atoms with Crippen LogP contribution < -0.4 is 0 Å². The molecule has 1 N–H and O–H groups in total. The first-order valence-corrected chi connectivity index (χ1v) is 12.6. The van der Waals surface area contributed by atoms with Gasteiger partial charge in [-0.3, -0.25) is 4.79 Å². The first-order chi connectivity index (χ1) is 15.0. The van der Waals surface area contributed by atoms with E-state index in [2.05, 4.69) is 71.9 Å². The van der Waals surface area contributed by atoms with Gasteiger partial charge in [0.15, 0.2) is 5.78 Å². The summed E-state index contributed by atoms with van der Waals surface area (Å²) in [7, 11) is 1.75. The van der Waals surface area contributed by atoms with Crippen molar-refractivity contribution in [1.29, 1.82) is 0 Å². The van der Waals surface area contributed by atoms with Crippen LogP contribution in [-0.2, 0) is 9.53 Å². The average molecular weight is 439 g/mol. The molecular formula is C29H42O3. The molecule has 4 rings (SSSR count). The van der Waals surface area contributed by atoms with Gasteiger partial charge in [-0.2, -0.15) is 0 Å². The molecular weight excluding hydrogens is 396 g/mol. The van der Waals surface area contributed by atoms with E-state index in [0.29, 0.717) is 36.5 Å². The van der Waals surface area contributed by atoms with Crippen LogP contribution in [0, 0.1) is 34.5 Å². The predicted molar refractivity (Wildman–Crippen MR) is 130 cm³/mol. The number of carbonyl (C=O) groups is 1. The predicted octanol–water partition coefficient (Wildman–Crippen LogP) is 6.20. The molecule has 0 aliphatic heterocycles. The Morgan fingerprint density at radius 3 is 2.47 bits per heavy atom. The Hall–Kier alpha value is -1.45. The molecule has 0 radical (unpaired) electrons. The number of rotatable bonds is 5. The number of carbonyl (C=O) groups excluding carboxylic acids is 1. The van der Waals surface area contributed by atoms with Crippen LogP contribution in [0.2, 0.25) is 0 Å². The lowest BCUT2D eigenvalue weighted by Gasteiger charge is -2.56. The molecule has 0 spiro atoms. The number of hydrogen-bond donors (Lipinski definition) is 1. The molecule has 7 atom stereocenters. The molecule has 0 bridgehead atoms. The van der Waals surface area contributed by atoms with E-state index in [9.17, 15) is 9.90 Å². The van der Waals surface area contributed by atoms with Crippen molar-refractivity contribution in [2.24, 2.45) is 34.5 Å². The Morgan fingerprint density at radius 1 is 1.09 bits per heavy atom. The van der Waals surface area contributed by atoms with Crippen LogP contribution in [-0.4, -0.2) is 29.7 Å². The zero-order valence-corrected chi connectivity index (χ0v) is 21.1. The van der Waals surface area contributed by atoms with Crippen molar-refractivity contribution in [2.45, 2.75) is 85.4 Å². The van der Waals surface area contributed by atoms with Crippen molar-refractivity contribution in [3.8, 4) is 0 Å². The van der Waals surface area contributed by atoms with Crippen LogP contribution in [0.1, 0.15) is 73.6 Å². The maximum absolute atomic E-state index is 13.5. The number of Topliss-reactive ketones (excluding diaryl/α,β-unsaturated/α-hetero) is 1. The number of aliphatic hydroxyl groups is 1. The normalized spacial score (nSPS) is 40.9. The Kier molecular flexibility index (Phi) is 5.99. The van der Waals surface area contributed by atoms with Crippen molar-refractivity contribution in [2.75, 3.05) is 7.11 Å². The van der Waals surface area contributed by atoms with Crippen molar-refractivity contribution >= 4 is 5.78 Å². The molecule has 1 fully saturated rings. The van der Waals surface area contributed by atoms with Gasteiger partial charge in [-0.15, -0.1) is 0 Å². The van der Waals surface area contributed by atoms with Gasteiger partial charge in [-0.25, -0.2) is 0 Å². The van der Waals surface area contributed by atoms with Crippen LogP contribution in [0.15, 0.2) is 47.1 Å². The van der Waals surface area contributed by atoms with E-state index in [1.165, 1.54) is 0 Å². The summed E-state index contributed by atoms with van der Waals surface area (Å²) < 4.78 is 5.59. The van der Waals surface area contributed by atoms with Crippen LogP contribution in [0.5, 0.6) is 0 Å². The van der Waals surface area contributed by atoms with Crippen molar-refractivity contribution in [3.05, 3.63) is 47.1 Å². The second kappa shape index (κ2) is 8.09. The number of methoxy groups -OCH3 is 1. The zero-order valence-electron chi connectivity index (χ0n) is 21.1. The maximum Gasteiger partial charge on any atom is 0.160 e. The summed E-state index contributed by atoms with van der Waals surface area (Å²) in [6, 6.07) is 0. The average Bonchev–Trinajstić information content (AvgIpc) is 3.02. The monoisotopic (exact) mass is 438 g/mol. The van der Waals surface area contributed by atoms with Gasteiger partial charge >= 0.3 is 0 Å². The quantitative estimate of drug-likeness (QED) is 0.520. The molecule has 0 aromatic rings. The molecule has 176 valence electrons. The van der Waals surface area contributed by atoms with Crippen molar-refractivity contribution in [3.63, 3.8) is 0 Å². The molecule has 0 amide bonds. The summed E-state index contributed by atoms with van der Waals surface area (Å²) >= 11 is 0. The molecule has 4 aliphatic carbocycles. The van der Waals surface area contributed by atoms with E-state index in [1.807, 2.05) is 0 Å². The van der Waals surface area contributed by atoms with E-state index < -0.39 is 5.60 Å². The van der Waals surface area contributed by atoms with E-state index in [4.69, 9.17) is 4.74 Å². The number of ether oxygens (including phenoxy) is 1. The third kappa shape index (κ3) is 3.34. The number of hydrogen-bond acceptors (Lipinski definition) is 3. The van der Waals surface area contributed by atoms with Gasteiger partial charge in [0.05, 0.1) is 11.7 Å². The highest BCUT2D eigenvalue weighted by molar-refractivity contribution is 6.01. The van der Waals surface area contributed by atoms with E-state index in [-0.39, 0.29) is 22.7 Å². The smallest absolute Gasteiger partial charge is 0.160 e. The van der Waals surface area contributed by atoms with E-state index in [1.54, 1.807) is 7.11 Å². The van der Waals surface area contributed by atoms with Crippen molar-refractivity contribution in [1.82, 2.24) is 0 Å². The van der Waals surface area contributed by atoms with Crippen LogP contribution in [0.25, 0.3) is 0 Å². The Bertz CT molecular complexity index is 905. The van der Waals surface area contributed by atoms with Crippen molar-refractivity contribution < 1.29 is 14.6 Å². The minimum atomic E-state index is -0.975. The van der Waals surface area contributed by atoms with Gasteiger partial charge < -0.3 is 9.84 Å². The molecule has 1 saturated carbocycles. The van der Waals surface area contributed by atoms with Gasteiger partial charge in [0.2, 0.25) is 0 Å². The number of allylic oxidation sites excluding steroid dienone is 4. The van der Waals surface area contributed by atoms with Gasteiger partial charge in [-0.05, 0) is 60.5 Å². The minimum Gasteiger partial charge on any atom is -0.384 e. The second-order valence-electron chi connectivity index (χ2n) is 11.7. The molecule has 3 heteroatoms. The summed E-state index contributed by atoms with van der Waals surface area (Å²) in [4.78, 5) is 13.5. The lowest BCUT2D eigenvalue weighted by atomic mass is 9.51. The largest absolute Gasteiger partial charge is 0.384 e. The fraction of sp³-hybridized carbons (Fsp3) is 0.690. The lowest BCUT2D eigenvalue weighted by molar-refractivity contribution is -0.115. The standard InChI is InChI=1S/C29H42O3/c1-18(2)19(3)8-9-20(4)24-17-25(30)26-23-11-10-21-16-22(32-7)12-13-28(21,6)29(23,31)15-14-27(24,26)5/h8-11,16,18-20,22,24,31H,12-15,17H2,1-7H3/b9-8+/t19-,20+,22-,24+,27+,28-,29+/m0/s1. The number of fused-ring (bicyclic) bond motifs is 4. The molecule has 3 nitrogen and oxygen atoms in total. The lowest BCUT2D eigenvalue weighted by Crippen LogP contribution is -2.55. The summed E-state index contributed by atoms with van der Waals surface area (Å²) in [6.07, 6.45) is 15.1. The SMILES string of the molecule is CO[C@@H]1C=C2C=CC3=C4C(=O)C[C@H]([C@H](C)/C=C/[C@H](C)C(C)C)[C@@]4(C)CC[C@]3(O)[C@@]2(C)CC1. The zero-order chi connectivity index (χ0) is 23.5. The van der Waals surface area contributed by atoms with Crippen LogP contribution in [0.3, 0.4) is 0 Å². The molecule has 4 aliphatic rings. The first-order valence-electron chi connectivity index (χ1n) is 12.6. The Morgan fingerprint density at radius 2 is 1.81 bits per heavy atom. The van der Waals surface area contributed by atoms with Gasteiger partial charge in [0, 0.05) is 29.9 Å². The van der Waals surface area contributed by atoms with Gasteiger partial charge in [-0.1, -0.05) is 71.9 Å². The third-order valence-corrected chi connectivity index (χ3v) is 9.78. The molecule has 0 aromatic carbocycles. The van der Waals surface area contributed by atoms with Crippen LogP contribution >= 0.6 is 0 Å². The summed E-state index contributed by atoms with van der Waals surface area (Å²) in [5, 5.41) is 12.2. The summed E-state index contributed by atoms with van der Waals surface area (Å²) in [6.45, 7) is 13.5. The second-order valence-corrected chi connectivity index (χ2v) is 11.7. The van der Waals surface area contributed by atoms with E-state index >= 15 is 0 Å². The van der Waals surface area contributed by atoms with Gasteiger partial charge in [0.25, 0.3) is 0 Å². The fourth-order valence-corrected chi connectivity index (χ4v) is 6.94. The number of ketones is 1. The highest BCUT2D eigenvalue weighted by atomic mass is 16.5. The maximum atomic E-state index is 13.5. The first kappa shape index (κ1) is 23.7. The molecule has 0 aromatic heterocycles. The Balaban J connectivity index is 1.75. The minimum absolute atomic E-state index is 0.104. The van der Waals surface area contributed by atoms with Gasteiger partial charge in [0.1, 0.15) is 0 Å². The highest BCUT2D eigenvalue weighted by Gasteiger charge is 2.62. The fourth-order valence-electron chi connectivity index (χ4n) is 6.94. The highest BCUT2D eigenvalue weighted by Crippen LogP contribution is 2.64. The molecule has 0 saturated heterocycles. The Labute approximate surface area is 194 Å². The summed E-state index contributed by atoms with van der Waals surface area (Å²) in [5.41, 5.74) is 1.47. The third-order valence-electron chi connectivity index (χ3n) is 9.78. The summed E-state index contributed by atoms with van der Waals surface area (Å²) in [5.74, 6) is 2.02.